The van der Waals surface area contributed by atoms with Gasteiger partial charge in [-0.05, 0) is 24.6 Å². The molecule has 0 radical (unpaired) electrons. The first-order valence-corrected chi connectivity index (χ1v) is 5.50. The van der Waals surface area contributed by atoms with Crippen molar-refractivity contribution in [1.29, 1.82) is 5.26 Å². The van der Waals surface area contributed by atoms with Gasteiger partial charge < -0.3 is 15.2 Å². The molecule has 1 unspecified atom stereocenters. The molecule has 1 aromatic carbocycles. The lowest BCUT2D eigenvalue weighted by atomic mass is 10.1. The van der Waals surface area contributed by atoms with Crippen LogP contribution in [0, 0.1) is 18.3 Å². The molecule has 0 bridgehead atoms. The Bertz CT molecular complexity index is 581. The number of aliphatic hydroxyl groups is 2. The fraction of sp³-hybridized carbons (Fsp3) is 0.231. The number of aromatic amines is 1. The highest BCUT2D eigenvalue weighted by Gasteiger charge is 2.16. The van der Waals surface area contributed by atoms with Crippen LogP contribution in [0.1, 0.15) is 34.4 Å². The van der Waals surface area contributed by atoms with Gasteiger partial charge in [0.15, 0.2) is 0 Å². The fourth-order valence-electron chi connectivity index (χ4n) is 1.70. The number of benzene rings is 1. The first kappa shape index (κ1) is 12.3. The van der Waals surface area contributed by atoms with Gasteiger partial charge in [-0.3, -0.25) is 0 Å². The molecule has 0 fully saturated rings. The molecule has 0 spiro atoms. The Balaban J connectivity index is 2.29. The van der Waals surface area contributed by atoms with Crippen molar-refractivity contribution in [3.05, 3.63) is 52.6 Å². The van der Waals surface area contributed by atoms with Crippen molar-refractivity contribution in [2.24, 2.45) is 0 Å². The van der Waals surface area contributed by atoms with Crippen LogP contribution >= 0.6 is 0 Å². The summed E-state index contributed by atoms with van der Waals surface area (Å²) in [6.45, 7) is 1.62. The molecule has 5 heteroatoms. The van der Waals surface area contributed by atoms with E-state index < -0.39 is 6.10 Å². The first-order valence-electron chi connectivity index (χ1n) is 5.50. The van der Waals surface area contributed by atoms with Crippen LogP contribution in [0.5, 0.6) is 0 Å². The van der Waals surface area contributed by atoms with Gasteiger partial charge in [0.2, 0.25) is 0 Å². The standard InChI is InChI=1S/C13H13N3O2/c1-8-11(7-17)16-13(15-8)12(18)10-4-2-9(6-14)3-5-10/h2-5,12,17-18H,7H2,1H3,(H,15,16). The predicted molar refractivity (Wildman–Crippen MR) is 64.5 cm³/mol. The Hall–Kier alpha value is -2.16. The second-order valence-electron chi connectivity index (χ2n) is 3.99. The number of H-pyrrole nitrogens is 1. The SMILES string of the molecule is Cc1[nH]c(C(O)c2ccc(C#N)cc2)nc1CO. The molecule has 5 nitrogen and oxygen atoms in total. The minimum atomic E-state index is -0.892. The van der Waals surface area contributed by atoms with E-state index in [1.165, 1.54) is 0 Å². The summed E-state index contributed by atoms with van der Waals surface area (Å²) in [6.07, 6.45) is -0.892. The topological polar surface area (TPSA) is 92.9 Å². The summed E-state index contributed by atoms with van der Waals surface area (Å²) in [4.78, 5) is 7.06. The zero-order chi connectivity index (χ0) is 13.1. The van der Waals surface area contributed by atoms with Gasteiger partial charge in [0, 0.05) is 5.69 Å². The van der Waals surface area contributed by atoms with E-state index in [9.17, 15) is 5.11 Å². The monoisotopic (exact) mass is 243 g/mol. The minimum Gasteiger partial charge on any atom is -0.390 e. The van der Waals surface area contributed by atoms with Crippen LogP contribution < -0.4 is 0 Å². The average molecular weight is 243 g/mol. The second-order valence-corrected chi connectivity index (χ2v) is 3.99. The van der Waals surface area contributed by atoms with Gasteiger partial charge in [0.25, 0.3) is 0 Å². The first-order chi connectivity index (χ1) is 8.65. The summed E-state index contributed by atoms with van der Waals surface area (Å²) in [5, 5.41) is 27.9. The summed E-state index contributed by atoms with van der Waals surface area (Å²) in [5.41, 5.74) is 2.45. The molecule has 0 saturated carbocycles. The molecule has 1 atom stereocenters. The number of rotatable bonds is 3. The van der Waals surface area contributed by atoms with Gasteiger partial charge in [-0.1, -0.05) is 12.1 Å². The van der Waals surface area contributed by atoms with E-state index >= 15 is 0 Å². The van der Waals surface area contributed by atoms with Crippen LogP contribution in [-0.2, 0) is 6.61 Å². The quantitative estimate of drug-likeness (QED) is 0.754. The molecule has 0 aliphatic heterocycles. The van der Waals surface area contributed by atoms with Crippen LogP contribution in [0.2, 0.25) is 0 Å². The van der Waals surface area contributed by atoms with E-state index in [1.54, 1.807) is 31.2 Å². The van der Waals surface area contributed by atoms with Crippen LogP contribution in [-0.4, -0.2) is 20.2 Å². The molecule has 2 rings (SSSR count). The highest BCUT2D eigenvalue weighted by atomic mass is 16.3. The fourth-order valence-corrected chi connectivity index (χ4v) is 1.70. The zero-order valence-corrected chi connectivity index (χ0v) is 9.88. The van der Waals surface area contributed by atoms with Crippen LogP contribution in [0.4, 0.5) is 0 Å². The maximum atomic E-state index is 10.1. The van der Waals surface area contributed by atoms with Gasteiger partial charge in [0.05, 0.1) is 23.9 Å². The molecule has 18 heavy (non-hydrogen) atoms. The van der Waals surface area contributed by atoms with Crippen LogP contribution in [0.3, 0.4) is 0 Å². The molecule has 0 amide bonds. The molecule has 2 aromatic rings. The van der Waals surface area contributed by atoms with Gasteiger partial charge in [-0.15, -0.1) is 0 Å². The van der Waals surface area contributed by atoms with Gasteiger partial charge in [0.1, 0.15) is 11.9 Å². The average Bonchev–Trinajstić information content (AvgIpc) is 2.79. The van der Waals surface area contributed by atoms with Crippen LogP contribution in [0.15, 0.2) is 24.3 Å². The van der Waals surface area contributed by atoms with E-state index in [1.807, 2.05) is 6.07 Å². The normalized spacial score (nSPS) is 12.1. The van der Waals surface area contributed by atoms with E-state index in [0.717, 1.165) is 5.69 Å². The van der Waals surface area contributed by atoms with Gasteiger partial charge in [-0.2, -0.15) is 5.26 Å². The smallest absolute Gasteiger partial charge is 0.140 e. The number of aliphatic hydroxyl groups excluding tert-OH is 2. The Morgan fingerprint density at radius 1 is 1.39 bits per heavy atom. The number of hydrogen-bond donors (Lipinski definition) is 3. The molecule has 1 heterocycles. The van der Waals surface area contributed by atoms with Crippen molar-refractivity contribution in [2.45, 2.75) is 19.6 Å². The maximum Gasteiger partial charge on any atom is 0.140 e. The van der Waals surface area contributed by atoms with Gasteiger partial charge in [-0.25, -0.2) is 4.98 Å². The van der Waals surface area contributed by atoms with Crippen molar-refractivity contribution >= 4 is 0 Å². The summed E-state index contributed by atoms with van der Waals surface area (Å²) in [7, 11) is 0. The summed E-state index contributed by atoms with van der Waals surface area (Å²) in [5.74, 6) is 0.390. The van der Waals surface area contributed by atoms with Gasteiger partial charge >= 0.3 is 0 Å². The molecule has 0 aliphatic carbocycles. The summed E-state index contributed by atoms with van der Waals surface area (Å²) in [6, 6.07) is 8.66. The van der Waals surface area contributed by atoms with E-state index in [0.29, 0.717) is 22.6 Å². The van der Waals surface area contributed by atoms with Crippen molar-refractivity contribution in [1.82, 2.24) is 9.97 Å². The lowest BCUT2D eigenvalue weighted by Gasteiger charge is -2.07. The number of nitrogens with zero attached hydrogens (tertiary/aromatic N) is 2. The zero-order valence-electron chi connectivity index (χ0n) is 9.88. The van der Waals surface area contributed by atoms with Crippen molar-refractivity contribution in [3.63, 3.8) is 0 Å². The Morgan fingerprint density at radius 3 is 2.56 bits per heavy atom. The summed E-state index contributed by atoms with van der Waals surface area (Å²) >= 11 is 0. The van der Waals surface area contributed by atoms with Crippen LogP contribution in [0.25, 0.3) is 0 Å². The Kier molecular flexibility index (Phi) is 3.42. The third-order valence-corrected chi connectivity index (χ3v) is 2.77. The molecule has 1 aromatic heterocycles. The second kappa shape index (κ2) is 5.00. The predicted octanol–water partition coefficient (Wildman–Crippen LogP) is 1.16. The molecular formula is C13H13N3O2. The molecule has 92 valence electrons. The third-order valence-electron chi connectivity index (χ3n) is 2.77. The molecule has 0 aliphatic rings. The highest BCUT2D eigenvalue weighted by Crippen LogP contribution is 2.21. The van der Waals surface area contributed by atoms with Crippen molar-refractivity contribution in [2.75, 3.05) is 0 Å². The highest BCUT2D eigenvalue weighted by molar-refractivity contribution is 5.34. The maximum absolute atomic E-state index is 10.1. The number of imidazole rings is 1. The van der Waals surface area contributed by atoms with E-state index in [2.05, 4.69) is 9.97 Å². The van der Waals surface area contributed by atoms with E-state index in [-0.39, 0.29) is 6.61 Å². The number of aryl methyl sites for hydroxylation is 1. The van der Waals surface area contributed by atoms with Crippen molar-refractivity contribution < 1.29 is 10.2 Å². The third kappa shape index (κ3) is 2.25. The molecule has 0 saturated heterocycles. The van der Waals surface area contributed by atoms with Crippen molar-refractivity contribution in [3.8, 4) is 6.07 Å². The molecular weight excluding hydrogens is 230 g/mol. The number of nitriles is 1. The number of hydrogen-bond acceptors (Lipinski definition) is 4. The molecule has 3 N–H and O–H groups in total. The minimum absolute atomic E-state index is 0.164. The van der Waals surface area contributed by atoms with E-state index in [4.69, 9.17) is 10.4 Å². The Morgan fingerprint density at radius 2 is 2.06 bits per heavy atom. The number of nitrogens with one attached hydrogen (secondary N) is 1. The lowest BCUT2D eigenvalue weighted by Crippen LogP contribution is -2.02. The largest absolute Gasteiger partial charge is 0.390 e. The lowest BCUT2D eigenvalue weighted by molar-refractivity contribution is 0.210. The summed E-state index contributed by atoms with van der Waals surface area (Å²) < 4.78 is 0. The Labute approximate surface area is 104 Å². The number of aromatic nitrogens is 2.